The summed E-state index contributed by atoms with van der Waals surface area (Å²) in [6.07, 6.45) is 6.60. The molecular formula is C5H6O. The third-order valence-corrected chi connectivity index (χ3v) is 1.32. The molecule has 1 aliphatic heterocycles. The van der Waals surface area contributed by atoms with Gasteiger partial charge in [-0.2, -0.15) is 0 Å². The van der Waals surface area contributed by atoms with Crippen LogP contribution in [0.5, 0.6) is 0 Å². The molecule has 2 atom stereocenters. The van der Waals surface area contributed by atoms with E-state index in [0.29, 0.717) is 12.2 Å². The van der Waals surface area contributed by atoms with Crippen molar-refractivity contribution in [3.63, 3.8) is 0 Å². The van der Waals surface area contributed by atoms with Crippen molar-refractivity contribution in [2.45, 2.75) is 18.6 Å². The van der Waals surface area contributed by atoms with Gasteiger partial charge in [0.05, 0.1) is 6.10 Å². The Labute approximate surface area is 36.6 Å². The summed E-state index contributed by atoms with van der Waals surface area (Å²) in [7, 11) is 0. The third kappa shape index (κ3) is 0.197. The van der Waals surface area contributed by atoms with E-state index in [1.807, 2.05) is 0 Å². The van der Waals surface area contributed by atoms with E-state index in [-0.39, 0.29) is 0 Å². The molecule has 32 valence electrons. The molecule has 0 aromatic rings. The molecule has 0 radical (unpaired) electrons. The Morgan fingerprint density at radius 1 is 1.67 bits per heavy atom. The summed E-state index contributed by atoms with van der Waals surface area (Å²) >= 11 is 0. The summed E-state index contributed by atoms with van der Waals surface area (Å²) in [5.74, 6) is 0. The number of hydrogen-bond acceptors (Lipinski definition) is 1. The Bertz CT molecular complexity index is 96.1. The van der Waals surface area contributed by atoms with Crippen LogP contribution in [0.1, 0.15) is 6.42 Å². The van der Waals surface area contributed by atoms with Crippen molar-refractivity contribution in [2.24, 2.45) is 0 Å². The third-order valence-electron chi connectivity index (χ3n) is 1.32. The SMILES string of the molecule is C1=C[C@H]2OC2C1. The maximum atomic E-state index is 5.07. The van der Waals surface area contributed by atoms with Crippen LogP contribution in [0.25, 0.3) is 0 Å². The van der Waals surface area contributed by atoms with Crippen LogP contribution in [-0.2, 0) is 4.74 Å². The highest BCUT2D eigenvalue weighted by atomic mass is 16.6. The molecule has 2 rings (SSSR count). The molecule has 1 nitrogen and oxygen atoms in total. The topological polar surface area (TPSA) is 12.5 Å². The molecule has 6 heavy (non-hydrogen) atoms. The van der Waals surface area contributed by atoms with Gasteiger partial charge in [-0.1, -0.05) is 12.2 Å². The molecule has 1 saturated heterocycles. The number of epoxide rings is 1. The lowest BCUT2D eigenvalue weighted by molar-refractivity contribution is 0.382. The van der Waals surface area contributed by atoms with Crippen LogP contribution in [0.2, 0.25) is 0 Å². The molecule has 0 aromatic carbocycles. The zero-order valence-corrected chi connectivity index (χ0v) is 3.42. The predicted molar refractivity (Wildman–Crippen MR) is 22.4 cm³/mol. The smallest absolute Gasteiger partial charge is 0.103 e. The quantitative estimate of drug-likeness (QED) is 0.310. The predicted octanol–water partition coefficient (Wildman–Crippen LogP) is 0.714. The van der Waals surface area contributed by atoms with Gasteiger partial charge in [-0.3, -0.25) is 0 Å². The monoisotopic (exact) mass is 82.0 g/mol. The van der Waals surface area contributed by atoms with Gasteiger partial charge in [0.15, 0.2) is 0 Å². The second kappa shape index (κ2) is 0.684. The van der Waals surface area contributed by atoms with Gasteiger partial charge in [-0.05, 0) is 6.42 Å². The van der Waals surface area contributed by atoms with E-state index in [0.717, 1.165) is 6.42 Å². The standard InChI is InChI=1S/C5H6O/c1-2-4-5(3-1)6-4/h1-2,4-5H,3H2/t4-,5?/m1/s1. The number of fused-ring (bicyclic) bond motifs is 1. The van der Waals surface area contributed by atoms with Gasteiger partial charge in [-0.25, -0.2) is 0 Å². The van der Waals surface area contributed by atoms with Gasteiger partial charge in [0, 0.05) is 0 Å². The first kappa shape index (κ1) is 2.80. The van der Waals surface area contributed by atoms with Crippen LogP contribution in [-0.4, -0.2) is 12.2 Å². The van der Waals surface area contributed by atoms with E-state index in [2.05, 4.69) is 12.2 Å². The van der Waals surface area contributed by atoms with E-state index in [1.165, 1.54) is 0 Å². The van der Waals surface area contributed by atoms with E-state index < -0.39 is 0 Å². The second-order valence-corrected chi connectivity index (χ2v) is 1.80. The molecule has 2 aliphatic rings. The van der Waals surface area contributed by atoms with Crippen molar-refractivity contribution in [3.8, 4) is 0 Å². The molecule has 0 amide bonds. The van der Waals surface area contributed by atoms with E-state index in [4.69, 9.17) is 4.74 Å². The Morgan fingerprint density at radius 3 is 2.83 bits per heavy atom. The summed E-state index contributed by atoms with van der Waals surface area (Å²) in [5.41, 5.74) is 0. The fourth-order valence-corrected chi connectivity index (χ4v) is 0.862. The molecule has 0 bridgehead atoms. The molecule has 0 N–H and O–H groups in total. The molecule has 0 aromatic heterocycles. The summed E-state index contributed by atoms with van der Waals surface area (Å²) in [6, 6.07) is 0. The normalized spacial score (nSPS) is 49.3. The second-order valence-electron chi connectivity index (χ2n) is 1.80. The first-order chi connectivity index (χ1) is 2.97. The molecule has 1 heterocycles. The van der Waals surface area contributed by atoms with Crippen LogP contribution < -0.4 is 0 Å². The minimum absolute atomic E-state index is 0.532. The fraction of sp³-hybridized carbons (Fsp3) is 0.600. The van der Waals surface area contributed by atoms with Crippen molar-refractivity contribution in [3.05, 3.63) is 12.2 Å². The highest BCUT2D eigenvalue weighted by Gasteiger charge is 2.38. The number of ether oxygens (including phenoxy) is 1. The summed E-state index contributed by atoms with van der Waals surface area (Å²) in [6.45, 7) is 0. The average Bonchev–Trinajstić information content (AvgIpc) is 2.17. The van der Waals surface area contributed by atoms with Crippen molar-refractivity contribution >= 4 is 0 Å². The van der Waals surface area contributed by atoms with Crippen LogP contribution in [0, 0.1) is 0 Å². The molecule has 1 aliphatic carbocycles. The number of rotatable bonds is 0. The first-order valence-corrected chi connectivity index (χ1v) is 2.29. The van der Waals surface area contributed by atoms with Gasteiger partial charge < -0.3 is 4.74 Å². The first-order valence-electron chi connectivity index (χ1n) is 2.29. The Kier molecular flexibility index (Phi) is 0.320. The number of hydrogen-bond donors (Lipinski definition) is 0. The zero-order valence-electron chi connectivity index (χ0n) is 3.42. The van der Waals surface area contributed by atoms with Crippen molar-refractivity contribution in [1.29, 1.82) is 0 Å². The minimum Gasteiger partial charge on any atom is -0.365 e. The molecule has 1 fully saturated rings. The Hall–Kier alpha value is -0.300. The van der Waals surface area contributed by atoms with Crippen LogP contribution in [0.4, 0.5) is 0 Å². The molecule has 1 heteroatoms. The zero-order chi connectivity index (χ0) is 3.98. The van der Waals surface area contributed by atoms with Gasteiger partial charge in [0.2, 0.25) is 0 Å². The lowest BCUT2D eigenvalue weighted by Crippen LogP contribution is -1.75. The van der Waals surface area contributed by atoms with Crippen molar-refractivity contribution in [2.75, 3.05) is 0 Å². The summed E-state index contributed by atoms with van der Waals surface area (Å²) in [5, 5.41) is 0. The van der Waals surface area contributed by atoms with Crippen LogP contribution in [0.3, 0.4) is 0 Å². The highest BCUT2D eigenvalue weighted by Crippen LogP contribution is 2.31. The van der Waals surface area contributed by atoms with Crippen LogP contribution in [0.15, 0.2) is 12.2 Å². The van der Waals surface area contributed by atoms with E-state index in [1.54, 1.807) is 0 Å². The lowest BCUT2D eigenvalue weighted by Gasteiger charge is -1.71. The molecular weight excluding hydrogens is 76.1 g/mol. The fourth-order valence-electron chi connectivity index (χ4n) is 0.862. The van der Waals surface area contributed by atoms with Gasteiger partial charge in [0.1, 0.15) is 6.10 Å². The Morgan fingerprint density at radius 2 is 2.67 bits per heavy atom. The summed E-state index contributed by atoms with van der Waals surface area (Å²) < 4.78 is 5.07. The van der Waals surface area contributed by atoms with Crippen molar-refractivity contribution in [1.82, 2.24) is 0 Å². The lowest BCUT2D eigenvalue weighted by atomic mass is 10.4. The van der Waals surface area contributed by atoms with Gasteiger partial charge >= 0.3 is 0 Å². The summed E-state index contributed by atoms with van der Waals surface area (Å²) in [4.78, 5) is 0. The maximum Gasteiger partial charge on any atom is 0.103 e. The largest absolute Gasteiger partial charge is 0.365 e. The van der Waals surface area contributed by atoms with Crippen molar-refractivity contribution < 1.29 is 4.74 Å². The van der Waals surface area contributed by atoms with Gasteiger partial charge in [0.25, 0.3) is 0 Å². The van der Waals surface area contributed by atoms with Gasteiger partial charge in [-0.15, -0.1) is 0 Å². The van der Waals surface area contributed by atoms with E-state index in [9.17, 15) is 0 Å². The molecule has 0 saturated carbocycles. The average molecular weight is 82.1 g/mol. The Balaban J connectivity index is 2.26. The van der Waals surface area contributed by atoms with E-state index >= 15 is 0 Å². The maximum absolute atomic E-state index is 5.07. The van der Waals surface area contributed by atoms with Crippen LogP contribution >= 0.6 is 0 Å². The molecule has 0 spiro atoms. The molecule has 1 unspecified atom stereocenters. The minimum atomic E-state index is 0.532. The highest BCUT2D eigenvalue weighted by molar-refractivity contribution is 5.12.